The van der Waals surface area contributed by atoms with Gasteiger partial charge >= 0.3 is 0 Å². The number of nitrogens with zero attached hydrogens (tertiary/aromatic N) is 2. The lowest BCUT2D eigenvalue weighted by molar-refractivity contribution is 0.0696. The Bertz CT molecular complexity index is 1010. The van der Waals surface area contributed by atoms with Crippen molar-refractivity contribution >= 4 is 40.5 Å². The zero-order valence-corrected chi connectivity index (χ0v) is 17.7. The third kappa shape index (κ3) is 4.46. The molecule has 30 heavy (non-hydrogen) atoms. The summed E-state index contributed by atoms with van der Waals surface area (Å²) < 4.78 is 5.17. The number of halogens is 2. The molecule has 6 nitrogen and oxygen atoms in total. The molecule has 0 saturated carbocycles. The predicted molar refractivity (Wildman–Crippen MR) is 116 cm³/mol. The van der Waals surface area contributed by atoms with Crippen molar-refractivity contribution in [1.82, 2.24) is 10.6 Å². The number of anilines is 2. The zero-order chi connectivity index (χ0) is 21.1. The van der Waals surface area contributed by atoms with Gasteiger partial charge in [-0.15, -0.1) is 0 Å². The summed E-state index contributed by atoms with van der Waals surface area (Å²) in [5.74, 6) is -0.0658. The van der Waals surface area contributed by atoms with Gasteiger partial charge in [0.25, 0.3) is 5.91 Å². The van der Waals surface area contributed by atoms with Crippen molar-refractivity contribution in [2.75, 3.05) is 11.4 Å². The molecule has 8 heteroatoms. The minimum Gasteiger partial charge on any atom is -0.361 e. The highest BCUT2D eigenvalue weighted by Gasteiger charge is 2.21. The van der Waals surface area contributed by atoms with Gasteiger partial charge in [0.05, 0.1) is 0 Å². The number of hydrogen-bond donors (Lipinski definition) is 2. The van der Waals surface area contributed by atoms with E-state index in [9.17, 15) is 4.79 Å². The highest BCUT2D eigenvalue weighted by molar-refractivity contribution is 6.31. The van der Waals surface area contributed by atoms with Crippen LogP contribution in [0.25, 0.3) is 0 Å². The van der Waals surface area contributed by atoms with Gasteiger partial charge < -0.3 is 9.42 Å². The van der Waals surface area contributed by atoms with Crippen LogP contribution in [0.1, 0.15) is 40.2 Å². The van der Waals surface area contributed by atoms with Gasteiger partial charge in [-0.1, -0.05) is 28.4 Å². The van der Waals surface area contributed by atoms with E-state index in [4.69, 9.17) is 32.9 Å². The number of carbonyl (C=O) groups excluding carboxylic acids is 1. The molecule has 0 saturated heterocycles. The van der Waals surface area contributed by atoms with Gasteiger partial charge in [0, 0.05) is 40.5 Å². The van der Waals surface area contributed by atoms with E-state index >= 15 is 0 Å². The fourth-order valence-electron chi connectivity index (χ4n) is 3.84. The fourth-order valence-corrected chi connectivity index (χ4v) is 4.23. The Hall–Kier alpha value is -2.54. The van der Waals surface area contributed by atoms with Crippen molar-refractivity contribution < 1.29 is 14.5 Å². The van der Waals surface area contributed by atoms with Crippen LogP contribution in [-0.2, 0) is 19.3 Å². The highest BCUT2D eigenvalue weighted by atomic mass is 35.5. The van der Waals surface area contributed by atoms with Crippen molar-refractivity contribution in [2.24, 2.45) is 0 Å². The minimum atomic E-state index is -0.680. The number of nitrogens with one attached hydrogen (secondary N) is 1. The number of rotatable bonds is 6. The van der Waals surface area contributed by atoms with Crippen LogP contribution in [0, 0.1) is 0 Å². The maximum absolute atomic E-state index is 11.4. The highest BCUT2D eigenvalue weighted by Crippen LogP contribution is 2.38. The van der Waals surface area contributed by atoms with Gasteiger partial charge in [-0.2, -0.15) is 0 Å². The van der Waals surface area contributed by atoms with E-state index < -0.39 is 5.91 Å². The lowest BCUT2D eigenvalue weighted by Gasteiger charge is -2.27. The molecular weight excluding hydrogens is 425 g/mol. The Morgan fingerprint density at radius 3 is 2.27 bits per heavy atom. The van der Waals surface area contributed by atoms with Crippen molar-refractivity contribution in [3.8, 4) is 0 Å². The van der Waals surface area contributed by atoms with E-state index in [0.29, 0.717) is 12.2 Å². The summed E-state index contributed by atoms with van der Waals surface area (Å²) in [5, 5.41) is 13.8. The first-order valence-electron chi connectivity index (χ1n) is 9.79. The average Bonchev–Trinajstić information content (AvgIpc) is 3.16. The Morgan fingerprint density at radius 1 is 1.03 bits per heavy atom. The van der Waals surface area contributed by atoms with Gasteiger partial charge in [0.1, 0.15) is 5.76 Å². The zero-order valence-electron chi connectivity index (χ0n) is 16.2. The van der Waals surface area contributed by atoms with E-state index in [0.717, 1.165) is 42.3 Å². The molecule has 156 valence electrons. The third-order valence-corrected chi connectivity index (χ3v) is 5.75. The van der Waals surface area contributed by atoms with Gasteiger partial charge in [-0.25, -0.2) is 5.48 Å². The molecule has 2 aromatic carbocycles. The van der Waals surface area contributed by atoms with Crippen LogP contribution in [0.3, 0.4) is 0 Å². The number of unbranched alkanes of at least 4 members (excludes halogenated alkanes) is 1. The van der Waals surface area contributed by atoms with E-state index in [1.807, 2.05) is 24.3 Å². The van der Waals surface area contributed by atoms with Crippen molar-refractivity contribution in [3.63, 3.8) is 0 Å². The molecule has 3 aromatic rings. The summed E-state index contributed by atoms with van der Waals surface area (Å²) >= 11 is 12.5. The maximum atomic E-state index is 11.4. The van der Waals surface area contributed by atoms with Crippen molar-refractivity contribution in [3.05, 3.63) is 75.1 Å². The molecule has 0 aliphatic carbocycles. The first kappa shape index (κ1) is 20.7. The molecule has 1 aromatic heterocycles. The van der Waals surface area contributed by atoms with Crippen LogP contribution in [0.4, 0.5) is 11.4 Å². The molecule has 1 aliphatic rings. The standard InChI is InChI=1S/C22H21Cl2N3O3/c23-16-6-8-20-14(11-16)4-5-15-12-17(24)7-9-21(15)27(20)10-2-1-3-18-13-19(26-30-18)22(28)25-29/h6-9,11-13,29H,1-5,10H2,(H,25,28). The van der Waals surface area contributed by atoms with E-state index in [2.05, 4.69) is 22.2 Å². The van der Waals surface area contributed by atoms with Crippen LogP contribution in [0.15, 0.2) is 47.0 Å². The minimum absolute atomic E-state index is 0.0663. The Labute approximate surface area is 184 Å². The number of amides is 1. The van der Waals surface area contributed by atoms with E-state index in [1.165, 1.54) is 22.5 Å². The Morgan fingerprint density at radius 2 is 1.67 bits per heavy atom. The summed E-state index contributed by atoms with van der Waals surface area (Å²) in [6.07, 6.45) is 4.24. The molecule has 0 unspecified atom stereocenters. The average molecular weight is 446 g/mol. The summed E-state index contributed by atoms with van der Waals surface area (Å²) in [6, 6.07) is 13.6. The monoisotopic (exact) mass is 445 g/mol. The lowest BCUT2D eigenvalue weighted by atomic mass is 10.0. The summed E-state index contributed by atoms with van der Waals surface area (Å²) in [7, 11) is 0. The smallest absolute Gasteiger partial charge is 0.296 e. The molecule has 0 spiro atoms. The third-order valence-electron chi connectivity index (χ3n) is 5.28. The fraction of sp³-hybridized carbons (Fsp3) is 0.273. The summed E-state index contributed by atoms with van der Waals surface area (Å²) in [5.41, 5.74) is 6.41. The molecule has 0 radical (unpaired) electrons. The van der Waals surface area contributed by atoms with Crippen LogP contribution >= 0.6 is 23.2 Å². The molecular formula is C22H21Cl2N3O3. The van der Waals surface area contributed by atoms with Gasteiger partial charge in [-0.05, 0) is 73.2 Å². The topological polar surface area (TPSA) is 78.6 Å². The number of aromatic nitrogens is 1. The molecule has 1 aliphatic heterocycles. The van der Waals surface area contributed by atoms with Crippen LogP contribution in [0.2, 0.25) is 10.0 Å². The summed E-state index contributed by atoms with van der Waals surface area (Å²) in [4.78, 5) is 13.7. The van der Waals surface area contributed by atoms with E-state index in [-0.39, 0.29) is 5.69 Å². The second kappa shape index (κ2) is 9.08. The first-order valence-corrected chi connectivity index (χ1v) is 10.5. The Balaban J connectivity index is 1.49. The van der Waals surface area contributed by atoms with Crippen molar-refractivity contribution in [1.29, 1.82) is 0 Å². The number of aryl methyl sites for hydroxylation is 3. The number of carbonyl (C=O) groups is 1. The predicted octanol–water partition coefficient (Wildman–Crippen LogP) is 5.36. The second-order valence-corrected chi connectivity index (χ2v) is 8.15. The molecule has 0 bridgehead atoms. The largest absolute Gasteiger partial charge is 0.361 e. The SMILES string of the molecule is O=C(NO)c1cc(CCCCN2c3ccc(Cl)cc3CCc3cc(Cl)ccc32)on1. The van der Waals surface area contributed by atoms with Crippen molar-refractivity contribution in [2.45, 2.75) is 32.1 Å². The first-order chi connectivity index (χ1) is 14.5. The van der Waals surface area contributed by atoms with Crippen LogP contribution in [-0.4, -0.2) is 22.8 Å². The molecule has 2 heterocycles. The molecule has 1 amide bonds. The van der Waals surface area contributed by atoms with Gasteiger partial charge in [0.15, 0.2) is 5.69 Å². The number of hydroxylamine groups is 1. The normalized spacial score (nSPS) is 12.8. The van der Waals surface area contributed by atoms with E-state index in [1.54, 1.807) is 11.5 Å². The summed E-state index contributed by atoms with van der Waals surface area (Å²) in [6.45, 7) is 0.821. The molecule has 0 fully saturated rings. The Kier molecular flexibility index (Phi) is 6.27. The van der Waals surface area contributed by atoms with Gasteiger partial charge in [0.2, 0.25) is 0 Å². The maximum Gasteiger partial charge on any atom is 0.296 e. The number of benzene rings is 2. The second-order valence-electron chi connectivity index (χ2n) is 7.27. The number of fused-ring (bicyclic) bond motifs is 2. The lowest BCUT2D eigenvalue weighted by Crippen LogP contribution is -2.20. The molecule has 0 atom stereocenters. The quantitative estimate of drug-likeness (QED) is 0.303. The van der Waals surface area contributed by atoms with Crippen LogP contribution in [0.5, 0.6) is 0 Å². The number of hydrogen-bond acceptors (Lipinski definition) is 5. The van der Waals surface area contributed by atoms with Crippen LogP contribution < -0.4 is 10.4 Å². The molecule has 4 rings (SSSR count). The molecule has 2 N–H and O–H groups in total. The van der Waals surface area contributed by atoms with Gasteiger partial charge in [-0.3, -0.25) is 10.0 Å².